The Morgan fingerprint density at radius 1 is 1.12 bits per heavy atom. The predicted octanol–water partition coefficient (Wildman–Crippen LogP) is 5.18. The predicted molar refractivity (Wildman–Crippen MR) is 98.1 cm³/mol. The molecule has 0 saturated carbocycles. The van der Waals surface area contributed by atoms with Crippen molar-refractivity contribution in [1.29, 1.82) is 0 Å². The first kappa shape index (κ1) is 16.9. The Labute approximate surface area is 149 Å². The lowest BCUT2D eigenvalue weighted by Crippen LogP contribution is -2.12. The highest BCUT2D eigenvalue weighted by molar-refractivity contribution is 6.31. The SMILES string of the molecule is Cc1c(Cl)cccc1Nc1cc(C(=O)Nc2cccc(F)c2)ccn1. The fraction of sp³-hybridized carbons (Fsp3) is 0.0526. The molecular formula is C19H15ClFN3O. The zero-order valence-corrected chi connectivity index (χ0v) is 14.1. The lowest BCUT2D eigenvalue weighted by atomic mass is 10.2. The zero-order valence-electron chi connectivity index (χ0n) is 13.4. The van der Waals surface area contributed by atoms with Gasteiger partial charge in [-0.3, -0.25) is 4.79 Å². The Morgan fingerprint density at radius 2 is 1.92 bits per heavy atom. The van der Waals surface area contributed by atoms with Crippen molar-refractivity contribution >= 4 is 34.7 Å². The summed E-state index contributed by atoms with van der Waals surface area (Å²) in [6.07, 6.45) is 1.53. The van der Waals surface area contributed by atoms with Crippen LogP contribution in [0.25, 0.3) is 0 Å². The summed E-state index contributed by atoms with van der Waals surface area (Å²) in [5.74, 6) is -0.248. The molecule has 0 atom stereocenters. The zero-order chi connectivity index (χ0) is 17.8. The molecular weight excluding hydrogens is 341 g/mol. The summed E-state index contributed by atoms with van der Waals surface area (Å²) in [7, 11) is 0. The summed E-state index contributed by atoms with van der Waals surface area (Å²) in [5.41, 5.74) is 2.49. The quantitative estimate of drug-likeness (QED) is 0.678. The molecule has 126 valence electrons. The van der Waals surface area contributed by atoms with E-state index in [2.05, 4.69) is 15.6 Å². The number of pyridine rings is 1. The van der Waals surface area contributed by atoms with Crippen LogP contribution in [0.4, 0.5) is 21.6 Å². The third-order valence-electron chi connectivity index (χ3n) is 3.64. The van der Waals surface area contributed by atoms with Crippen molar-refractivity contribution in [3.05, 3.63) is 82.8 Å². The van der Waals surface area contributed by atoms with Gasteiger partial charge in [0.1, 0.15) is 11.6 Å². The second-order valence-electron chi connectivity index (χ2n) is 5.43. The van der Waals surface area contributed by atoms with Gasteiger partial charge in [-0.1, -0.05) is 23.7 Å². The maximum absolute atomic E-state index is 13.2. The van der Waals surface area contributed by atoms with Crippen LogP contribution in [0.15, 0.2) is 60.8 Å². The number of carbonyl (C=O) groups is 1. The Kier molecular flexibility index (Phi) is 4.95. The fourth-order valence-corrected chi connectivity index (χ4v) is 2.47. The molecule has 0 saturated heterocycles. The van der Waals surface area contributed by atoms with Crippen LogP contribution in [0.1, 0.15) is 15.9 Å². The van der Waals surface area contributed by atoms with Crippen LogP contribution in [-0.4, -0.2) is 10.9 Å². The van der Waals surface area contributed by atoms with Crippen molar-refractivity contribution in [3.63, 3.8) is 0 Å². The van der Waals surface area contributed by atoms with Crippen LogP contribution in [0.3, 0.4) is 0 Å². The fourth-order valence-electron chi connectivity index (χ4n) is 2.29. The molecule has 2 N–H and O–H groups in total. The Balaban J connectivity index is 1.79. The van der Waals surface area contributed by atoms with E-state index in [0.29, 0.717) is 22.1 Å². The van der Waals surface area contributed by atoms with Crippen molar-refractivity contribution in [2.75, 3.05) is 10.6 Å². The van der Waals surface area contributed by atoms with E-state index in [0.717, 1.165) is 11.3 Å². The van der Waals surface area contributed by atoms with Crippen molar-refractivity contribution in [2.24, 2.45) is 0 Å². The molecule has 4 nitrogen and oxygen atoms in total. The molecule has 0 spiro atoms. The molecule has 0 aliphatic rings. The van der Waals surface area contributed by atoms with Crippen LogP contribution in [-0.2, 0) is 0 Å². The number of hydrogen-bond donors (Lipinski definition) is 2. The van der Waals surface area contributed by atoms with Crippen molar-refractivity contribution < 1.29 is 9.18 Å². The van der Waals surface area contributed by atoms with E-state index >= 15 is 0 Å². The Hall–Kier alpha value is -2.92. The first-order valence-corrected chi connectivity index (χ1v) is 7.96. The largest absolute Gasteiger partial charge is 0.340 e. The van der Waals surface area contributed by atoms with Crippen LogP contribution < -0.4 is 10.6 Å². The van der Waals surface area contributed by atoms with E-state index in [4.69, 9.17) is 11.6 Å². The third-order valence-corrected chi connectivity index (χ3v) is 4.04. The average Bonchev–Trinajstić information content (AvgIpc) is 2.59. The number of carbonyl (C=O) groups excluding carboxylic acids is 1. The number of anilines is 3. The molecule has 1 aromatic heterocycles. The molecule has 3 aromatic rings. The van der Waals surface area contributed by atoms with Crippen LogP contribution in [0.5, 0.6) is 0 Å². The van der Waals surface area contributed by atoms with Crippen molar-refractivity contribution in [2.45, 2.75) is 6.92 Å². The van der Waals surface area contributed by atoms with Crippen molar-refractivity contribution in [3.8, 4) is 0 Å². The highest BCUT2D eigenvalue weighted by atomic mass is 35.5. The molecule has 1 heterocycles. The van der Waals surface area contributed by atoms with Gasteiger partial charge in [0.2, 0.25) is 0 Å². The number of rotatable bonds is 4. The van der Waals surface area contributed by atoms with E-state index in [-0.39, 0.29) is 5.91 Å². The van der Waals surface area contributed by atoms with E-state index < -0.39 is 5.82 Å². The number of nitrogens with zero attached hydrogens (tertiary/aromatic N) is 1. The minimum absolute atomic E-state index is 0.348. The number of nitrogens with one attached hydrogen (secondary N) is 2. The molecule has 3 rings (SSSR count). The average molecular weight is 356 g/mol. The molecule has 25 heavy (non-hydrogen) atoms. The number of aromatic nitrogens is 1. The van der Waals surface area contributed by atoms with Crippen LogP contribution >= 0.6 is 11.6 Å². The molecule has 2 aromatic carbocycles. The van der Waals surface area contributed by atoms with Crippen molar-refractivity contribution in [1.82, 2.24) is 4.98 Å². The first-order chi connectivity index (χ1) is 12.0. The second kappa shape index (κ2) is 7.32. The second-order valence-corrected chi connectivity index (χ2v) is 5.84. The molecule has 1 amide bonds. The van der Waals surface area contributed by atoms with E-state index in [1.165, 1.54) is 24.4 Å². The Bertz CT molecular complexity index is 930. The number of amides is 1. The molecule has 0 fully saturated rings. The maximum Gasteiger partial charge on any atom is 0.255 e. The molecule has 0 aliphatic heterocycles. The highest BCUT2D eigenvalue weighted by Crippen LogP contribution is 2.25. The molecule has 0 aliphatic carbocycles. The summed E-state index contributed by atoms with van der Waals surface area (Å²) in [6, 6.07) is 14.5. The summed E-state index contributed by atoms with van der Waals surface area (Å²) in [4.78, 5) is 16.6. The van der Waals surface area contributed by atoms with Crippen LogP contribution in [0, 0.1) is 12.7 Å². The van der Waals surface area contributed by atoms with Gasteiger partial charge < -0.3 is 10.6 Å². The lowest BCUT2D eigenvalue weighted by Gasteiger charge is -2.11. The minimum atomic E-state index is -0.411. The van der Waals surface area contributed by atoms with Gasteiger partial charge in [0, 0.05) is 28.2 Å². The van der Waals surface area contributed by atoms with Gasteiger partial charge in [-0.2, -0.15) is 0 Å². The summed E-state index contributed by atoms with van der Waals surface area (Å²) in [5, 5.41) is 6.44. The topological polar surface area (TPSA) is 54.0 Å². The molecule has 0 bridgehead atoms. The number of hydrogen-bond acceptors (Lipinski definition) is 3. The number of halogens is 2. The van der Waals surface area contributed by atoms with E-state index in [9.17, 15) is 9.18 Å². The first-order valence-electron chi connectivity index (χ1n) is 7.58. The molecule has 0 radical (unpaired) electrons. The smallest absolute Gasteiger partial charge is 0.255 e. The standard InChI is InChI=1S/C19H15ClFN3O/c1-12-16(20)6-3-7-17(12)24-18-10-13(8-9-22-18)19(25)23-15-5-2-4-14(21)11-15/h2-11H,1H3,(H,22,24)(H,23,25). The monoisotopic (exact) mass is 355 g/mol. The lowest BCUT2D eigenvalue weighted by molar-refractivity contribution is 0.102. The van der Waals surface area contributed by atoms with E-state index in [1.54, 1.807) is 24.3 Å². The highest BCUT2D eigenvalue weighted by Gasteiger charge is 2.09. The normalized spacial score (nSPS) is 10.4. The van der Waals surface area contributed by atoms with E-state index in [1.807, 2.05) is 19.1 Å². The Morgan fingerprint density at radius 3 is 2.72 bits per heavy atom. The summed E-state index contributed by atoms with van der Waals surface area (Å²) in [6.45, 7) is 1.89. The van der Waals surface area contributed by atoms with Gasteiger partial charge in [0.05, 0.1) is 0 Å². The summed E-state index contributed by atoms with van der Waals surface area (Å²) >= 11 is 6.11. The number of benzene rings is 2. The van der Waals surface area contributed by atoms with Gasteiger partial charge in [-0.15, -0.1) is 0 Å². The minimum Gasteiger partial charge on any atom is -0.340 e. The maximum atomic E-state index is 13.2. The molecule has 6 heteroatoms. The van der Waals surface area contributed by atoms with Gasteiger partial charge >= 0.3 is 0 Å². The molecule has 0 unspecified atom stereocenters. The summed E-state index contributed by atoms with van der Waals surface area (Å²) < 4.78 is 13.2. The van der Waals surface area contributed by atoms with Gasteiger partial charge in [0.15, 0.2) is 0 Å². The van der Waals surface area contributed by atoms with Crippen LogP contribution in [0.2, 0.25) is 5.02 Å². The third kappa shape index (κ3) is 4.14. The van der Waals surface area contributed by atoms with Gasteiger partial charge in [0.25, 0.3) is 5.91 Å². The van der Waals surface area contributed by atoms with Gasteiger partial charge in [-0.25, -0.2) is 9.37 Å². The van der Waals surface area contributed by atoms with Gasteiger partial charge in [-0.05, 0) is 55.0 Å².